The quantitative estimate of drug-likeness (QED) is 0.171. The van der Waals surface area contributed by atoms with Gasteiger partial charge in [0.1, 0.15) is 17.6 Å². The lowest BCUT2D eigenvalue weighted by atomic mass is 10.2. The number of benzene rings is 1. The maximum atomic E-state index is 13.6. The number of methoxy groups -OCH3 is 1. The SMILES string of the molecule is COC(=O)C(C)CNP(=O)(Oc1ccc([N+](=O)[O-])cc1)O[C@H]1C[C@@H](n2cnc3c(N)ncnc32)CO1. The molecule has 1 saturated heterocycles. The first-order chi connectivity index (χ1) is 17.2. The number of non-ortho nitro benzene ring substituents is 1. The monoisotopic (exact) mass is 521 g/mol. The molecule has 0 radical (unpaired) electrons. The normalized spacial score (nSPS) is 20.1. The van der Waals surface area contributed by atoms with Crippen molar-refractivity contribution in [3.63, 3.8) is 0 Å². The summed E-state index contributed by atoms with van der Waals surface area (Å²) in [7, 11) is -2.87. The van der Waals surface area contributed by atoms with Crippen LogP contribution in [0.1, 0.15) is 19.4 Å². The fraction of sp³-hybridized carbons (Fsp3) is 0.400. The Kier molecular flexibility index (Phi) is 7.45. The van der Waals surface area contributed by atoms with E-state index in [-0.39, 0.29) is 42.9 Å². The average molecular weight is 521 g/mol. The van der Waals surface area contributed by atoms with Gasteiger partial charge in [-0.25, -0.2) is 24.6 Å². The molecule has 1 aromatic carbocycles. The lowest BCUT2D eigenvalue weighted by molar-refractivity contribution is -0.384. The van der Waals surface area contributed by atoms with E-state index >= 15 is 0 Å². The van der Waals surface area contributed by atoms with Gasteiger partial charge in [0, 0.05) is 25.1 Å². The summed E-state index contributed by atoms with van der Waals surface area (Å²) >= 11 is 0. The molecule has 0 saturated carbocycles. The molecule has 2 aromatic heterocycles. The first kappa shape index (κ1) is 25.4. The summed E-state index contributed by atoms with van der Waals surface area (Å²) in [6.45, 7) is 1.69. The van der Waals surface area contributed by atoms with Crippen LogP contribution in [0.15, 0.2) is 36.9 Å². The van der Waals surface area contributed by atoms with Crippen molar-refractivity contribution in [2.45, 2.75) is 25.7 Å². The Bertz CT molecular complexity index is 1300. The maximum Gasteiger partial charge on any atom is 0.461 e. The van der Waals surface area contributed by atoms with E-state index in [9.17, 15) is 19.5 Å². The van der Waals surface area contributed by atoms with Crippen LogP contribution in [0.3, 0.4) is 0 Å². The molecule has 36 heavy (non-hydrogen) atoms. The van der Waals surface area contributed by atoms with Gasteiger partial charge in [0.05, 0.1) is 36.9 Å². The number of hydrogen-bond donors (Lipinski definition) is 2. The molecule has 4 atom stereocenters. The van der Waals surface area contributed by atoms with Crippen molar-refractivity contribution in [2.24, 2.45) is 5.92 Å². The van der Waals surface area contributed by atoms with Gasteiger partial charge in [-0.05, 0) is 12.1 Å². The predicted molar refractivity (Wildman–Crippen MR) is 125 cm³/mol. The van der Waals surface area contributed by atoms with Gasteiger partial charge >= 0.3 is 13.7 Å². The number of nitrogens with zero attached hydrogens (tertiary/aromatic N) is 5. The first-order valence-electron chi connectivity index (χ1n) is 10.8. The van der Waals surface area contributed by atoms with Crippen molar-refractivity contribution in [3.05, 3.63) is 47.0 Å². The maximum absolute atomic E-state index is 13.6. The van der Waals surface area contributed by atoms with Crippen LogP contribution in [0, 0.1) is 16.0 Å². The van der Waals surface area contributed by atoms with E-state index in [1.54, 1.807) is 17.8 Å². The summed E-state index contributed by atoms with van der Waals surface area (Å²) < 4.78 is 37.1. The van der Waals surface area contributed by atoms with Gasteiger partial charge in [0.25, 0.3) is 5.69 Å². The molecule has 0 bridgehead atoms. The van der Waals surface area contributed by atoms with Gasteiger partial charge in [0.15, 0.2) is 17.8 Å². The molecule has 3 heterocycles. The molecule has 15 nitrogen and oxygen atoms in total. The number of fused-ring (bicyclic) bond motifs is 1. The fourth-order valence-electron chi connectivity index (χ4n) is 3.53. The molecule has 1 aliphatic heterocycles. The Morgan fingerprint density at radius 2 is 2.11 bits per heavy atom. The molecule has 2 unspecified atom stereocenters. The van der Waals surface area contributed by atoms with Crippen LogP contribution in [0.25, 0.3) is 11.2 Å². The first-order valence-corrected chi connectivity index (χ1v) is 12.3. The Morgan fingerprint density at radius 1 is 1.36 bits per heavy atom. The molecule has 1 aliphatic rings. The number of nitrogens with one attached hydrogen (secondary N) is 1. The number of esters is 1. The topological polar surface area (TPSA) is 196 Å². The zero-order valence-electron chi connectivity index (χ0n) is 19.3. The zero-order valence-corrected chi connectivity index (χ0v) is 20.2. The standard InChI is InChI=1S/C20H24N7O8P/c1-12(20(28)32-2)8-25-36(31,34-15-5-3-13(4-6-15)27(29)30)35-16-7-14(9-33-16)26-11-24-17-18(21)22-10-23-19(17)26/h3-6,10-12,14,16H,7-9H2,1-2H3,(H,25,31)(H2,21,22,23)/t12?,14-,16+,36?/m1/s1. The van der Waals surface area contributed by atoms with Gasteiger partial charge in [-0.1, -0.05) is 6.92 Å². The fourth-order valence-corrected chi connectivity index (χ4v) is 5.06. The van der Waals surface area contributed by atoms with Gasteiger partial charge in [-0.15, -0.1) is 0 Å². The molecule has 16 heteroatoms. The minimum absolute atomic E-state index is 0.0597. The summed E-state index contributed by atoms with van der Waals surface area (Å²) in [5.74, 6) is -0.873. The Labute approximate surface area is 204 Å². The molecule has 0 amide bonds. The number of nitro groups is 1. The summed E-state index contributed by atoms with van der Waals surface area (Å²) in [5, 5.41) is 13.6. The predicted octanol–water partition coefficient (Wildman–Crippen LogP) is 2.21. The summed E-state index contributed by atoms with van der Waals surface area (Å²) in [6.07, 6.45) is 2.22. The van der Waals surface area contributed by atoms with Crippen molar-refractivity contribution < 1.29 is 32.8 Å². The molecule has 3 aromatic rings. The van der Waals surface area contributed by atoms with Gasteiger partial charge in [-0.3, -0.25) is 19.4 Å². The van der Waals surface area contributed by atoms with Crippen LogP contribution in [0.4, 0.5) is 11.5 Å². The number of nitro benzene ring substituents is 1. The third-order valence-corrected chi connectivity index (χ3v) is 6.98. The highest BCUT2D eigenvalue weighted by Crippen LogP contribution is 2.48. The van der Waals surface area contributed by atoms with Gasteiger partial charge in [0.2, 0.25) is 0 Å². The van der Waals surface area contributed by atoms with Crippen molar-refractivity contribution in [2.75, 3.05) is 26.0 Å². The van der Waals surface area contributed by atoms with E-state index in [1.165, 1.54) is 37.7 Å². The lowest BCUT2D eigenvalue weighted by Gasteiger charge is -2.23. The number of nitrogens with two attached hydrogens (primary N) is 1. The molecule has 0 aliphatic carbocycles. The lowest BCUT2D eigenvalue weighted by Crippen LogP contribution is -2.29. The summed E-state index contributed by atoms with van der Waals surface area (Å²) in [5.41, 5.74) is 6.66. The second-order valence-corrected chi connectivity index (χ2v) is 9.67. The van der Waals surface area contributed by atoms with Crippen molar-refractivity contribution in [1.82, 2.24) is 24.6 Å². The number of anilines is 1. The molecule has 1 fully saturated rings. The molecule has 3 N–H and O–H groups in total. The summed E-state index contributed by atoms with van der Waals surface area (Å²) in [4.78, 5) is 34.5. The molecule has 192 valence electrons. The Morgan fingerprint density at radius 3 is 2.81 bits per heavy atom. The highest BCUT2D eigenvalue weighted by Gasteiger charge is 2.38. The number of nitrogen functional groups attached to an aromatic ring is 1. The molecular formula is C20H24N7O8P. The van der Waals surface area contributed by atoms with E-state index in [1.807, 2.05) is 0 Å². The van der Waals surface area contributed by atoms with Crippen molar-refractivity contribution in [3.8, 4) is 5.75 Å². The second kappa shape index (κ2) is 10.5. The highest BCUT2D eigenvalue weighted by molar-refractivity contribution is 7.52. The third-order valence-electron chi connectivity index (χ3n) is 5.44. The minimum Gasteiger partial charge on any atom is -0.469 e. The van der Waals surface area contributed by atoms with E-state index in [4.69, 9.17) is 24.3 Å². The third kappa shape index (κ3) is 5.60. The van der Waals surface area contributed by atoms with Gasteiger partial charge in [-0.2, -0.15) is 0 Å². The second-order valence-electron chi connectivity index (χ2n) is 7.97. The van der Waals surface area contributed by atoms with Crippen molar-refractivity contribution in [1.29, 1.82) is 0 Å². The number of carbonyl (C=O) groups is 1. The Hall–Kier alpha value is -3.65. The minimum atomic E-state index is -4.12. The van der Waals surface area contributed by atoms with E-state index < -0.39 is 30.8 Å². The van der Waals surface area contributed by atoms with Crippen molar-refractivity contribution >= 4 is 36.4 Å². The number of ether oxygens (including phenoxy) is 2. The average Bonchev–Trinajstić information content (AvgIpc) is 3.50. The van der Waals surface area contributed by atoms with Crippen LogP contribution in [0.5, 0.6) is 5.75 Å². The van der Waals surface area contributed by atoms with E-state index in [2.05, 4.69) is 20.0 Å². The number of hydrogen-bond acceptors (Lipinski definition) is 12. The van der Waals surface area contributed by atoms with Crippen LogP contribution in [-0.2, 0) is 23.4 Å². The summed E-state index contributed by atoms with van der Waals surface area (Å²) in [6, 6.07) is 4.74. The zero-order chi connectivity index (χ0) is 25.9. The molecule has 0 spiro atoms. The van der Waals surface area contributed by atoms with E-state index in [0.29, 0.717) is 11.2 Å². The Balaban J connectivity index is 1.50. The van der Waals surface area contributed by atoms with Crippen LogP contribution in [0.2, 0.25) is 0 Å². The largest absolute Gasteiger partial charge is 0.469 e. The smallest absolute Gasteiger partial charge is 0.461 e. The highest BCUT2D eigenvalue weighted by atomic mass is 31.2. The van der Waals surface area contributed by atoms with Crippen LogP contribution in [-0.4, -0.2) is 57.0 Å². The molecular weight excluding hydrogens is 497 g/mol. The number of aromatic nitrogens is 4. The van der Waals surface area contributed by atoms with Crippen LogP contribution < -0.4 is 15.3 Å². The number of rotatable bonds is 10. The number of carbonyl (C=O) groups excluding carboxylic acids is 1. The molecule has 4 rings (SSSR count). The number of imidazole rings is 1. The van der Waals surface area contributed by atoms with Gasteiger partial charge < -0.3 is 24.3 Å². The van der Waals surface area contributed by atoms with E-state index in [0.717, 1.165) is 0 Å². The van der Waals surface area contributed by atoms with Crippen LogP contribution >= 0.6 is 7.75 Å².